The van der Waals surface area contributed by atoms with Gasteiger partial charge >= 0.3 is 0 Å². The Hall–Kier alpha value is -1.93. The molecule has 0 radical (unpaired) electrons. The van der Waals surface area contributed by atoms with E-state index in [4.69, 9.17) is 0 Å². The average Bonchev–Trinajstić information content (AvgIpc) is 3.34. The average molecular weight is 407 g/mol. The Bertz CT molecular complexity index is 756. The lowest BCUT2D eigenvalue weighted by molar-refractivity contribution is -0.123. The van der Waals surface area contributed by atoms with E-state index in [1.54, 1.807) is 0 Å². The second-order valence-electron chi connectivity index (χ2n) is 8.74. The zero-order valence-electron chi connectivity index (χ0n) is 17.1. The summed E-state index contributed by atoms with van der Waals surface area (Å²) in [5.41, 5.74) is 0.398. The summed E-state index contributed by atoms with van der Waals surface area (Å²) >= 11 is 1.33. The van der Waals surface area contributed by atoms with Gasteiger partial charge in [0.05, 0.1) is 16.4 Å². The van der Waals surface area contributed by atoms with Crippen LogP contribution in [0.25, 0.3) is 0 Å². The largest absolute Gasteiger partial charge is 0.352 e. The molecule has 1 aromatic rings. The number of hydrogen-bond donors (Lipinski definition) is 2. The third-order valence-electron chi connectivity index (χ3n) is 5.00. The zero-order chi connectivity index (χ0) is 20.5. The first-order valence-corrected chi connectivity index (χ1v) is 10.7. The molecule has 0 spiro atoms. The van der Waals surface area contributed by atoms with Crippen LogP contribution in [-0.4, -0.2) is 66.3 Å². The van der Waals surface area contributed by atoms with Gasteiger partial charge in [-0.2, -0.15) is 0 Å². The van der Waals surface area contributed by atoms with E-state index in [1.807, 2.05) is 38.7 Å². The molecule has 154 valence electrons. The van der Waals surface area contributed by atoms with Crippen LogP contribution in [-0.2, 0) is 9.59 Å². The minimum Gasteiger partial charge on any atom is -0.352 e. The van der Waals surface area contributed by atoms with E-state index in [9.17, 15) is 14.4 Å². The van der Waals surface area contributed by atoms with E-state index in [2.05, 4.69) is 15.5 Å². The van der Waals surface area contributed by atoms with E-state index in [0.717, 1.165) is 18.4 Å². The summed E-state index contributed by atoms with van der Waals surface area (Å²) in [7, 11) is 0. The summed E-state index contributed by atoms with van der Waals surface area (Å²) in [4.78, 5) is 41.6. The molecule has 0 unspecified atom stereocenters. The SMILES string of the molecule is Cc1cc(NC(=O)C(C)(C)C)sc1C(=O)N1CCN(CC(=O)NC2CC2)CC1. The molecule has 1 aromatic heterocycles. The summed E-state index contributed by atoms with van der Waals surface area (Å²) in [6, 6.07) is 2.24. The van der Waals surface area contributed by atoms with Crippen molar-refractivity contribution in [1.29, 1.82) is 0 Å². The lowest BCUT2D eigenvalue weighted by Crippen LogP contribution is -2.51. The Morgan fingerprint density at radius 1 is 1.14 bits per heavy atom. The molecule has 0 atom stereocenters. The maximum absolute atomic E-state index is 12.9. The number of carbonyl (C=O) groups is 3. The van der Waals surface area contributed by atoms with Gasteiger partial charge in [0.1, 0.15) is 0 Å². The van der Waals surface area contributed by atoms with Crippen molar-refractivity contribution in [2.24, 2.45) is 5.41 Å². The van der Waals surface area contributed by atoms with Gasteiger partial charge in [0.2, 0.25) is 11.8 Å². The Balaban J connectivity index is 1.53. The highest BCUT2D eigenvalue weighted by Crippen LogP contribution is 2.29. The van der Waals surface area contributed by atoms with E-state index in [0.29, 0.717) is 48.6 Å². The number of hydrogen-bond acceptors (Lipinski definition) is 5. The molecular formula is C20H30N4O3S. The fourth-order valence-electron chi connectivity index (χ4n) is 3.01. The third-order valence-corrected chi connectivity index (χ3v) is 6.14. The number of nitrogens with one attached hydrogen (secondary N) is 2. The first-order valence-electron chi connectivity index (χ1n) is 9.86. The Morgan fingerprint density at radius 3 is 2.36 bits per heavy atom. The normalized spacial score (nSPS) is 18.1. The van der Waals surface area contributed by atoms with E-state index < -0.39 is 5.41 Å². The van der Waals surface area contributed by atoms with Crippen molar-refractivity contribution in [2.75, 3.05) is 38.0 Å². The van der Waals surface area contributed by atoms with Crippen LogP contribution >= 0.6 is 11.3 Å². The Morgan fingerprint density at radius 2 is 1.79 bits per heavy atom. The van der Waals surface area contributed by atoms with Crippen molar-refractivity contribution < 1.29 is 14.4 Å². The van der Waals surface area contributed by atoms with Gasteiger partial charge in [-0.3, -0.25) is 19.3 Å². The molecule has 7 nitrogen and oxygen atoms in total. The van der Waals surface area contributed by atoms with E-state index in [1.165, 1.54) is 11.3 Å². The van der Waals surface area contributed by atoms with Crippen LogP contribution in [0.2, 0.25) is 0 Å². The quantitative estimate of drug-likeness (QED) is 0.784. The number of nitrogens with zero attached hydrogens (tertiary/aromatic N) is 2. The van der Waals surface area contributed by atoms with Gasteiger partial charge < -0.3 is 15.5 Å². The number of amides is 3. The summed E-state index contributed by atoms with van der Waals surface area (Å²) < 4.78 is 0. The van der Waals surface area contributed by atoms with Crippen molar-refractivity contribution in [1.82, 2.24) is 15.1 Å². The van der Waals surface area contributed by atoms with E-state index in [-0.39, 0.29) is 17.7 Å². The van der Waals surface area contributed by atoms with Gasteiger partial charge in [-0.05, 0) is 31.4 Å². The molecule has 2 aliphatic rings. The van der Waals surface area contributed by atoms with Crippen LogP contribution < -0.4 is 10.6 Å². The van der Waals surface area contributed by atoms with Crippen molar-refractivity contribution in [3.8, 4) is 0 Å². The molecule has 0 aromatic carbocycles. The molecule has 1 aliphatic carbocycles. The van der Waals surface area contributed by atoms with Gasteiger partial charge in [-0.15, -0.1) is 11.3 Å². The maximum atomic E-state index is 12.9. The standard InChI is InChI=1S/C20H30N4O3S/c1-13-11-16(22-19(27)20(2,3)4)28-17(13)18(26)24-9-7-23(8-10-24)12-15(25)21-14-5-6-14/h11,14H,5-10,12H2,1-4H3,(H,21,25)(H,22,27). The van der Waals surface area contributed by atoms with Crippen molar-refractivity contribution in [2.45, 2.75) is 46.6 Å². The lowest BCUT2D eigenvalue weighted by Gasteiger charge is -2.34. The monoisotopic (exact) mass is 406 g/mol. The number of carbonyl (C=O) groups excluding carboxylic acids is 3. The topological polar surface area (TPSA) is 81.8 Å². The number of aryl methyl sites for hydroxylation is 1. The van der Waals surface area contributed by atoms with Crippen molar-refractivity contribution in [3.63, 3.8) is 0 Å². The van der Waals surface area contributed by atoms with Crippen molar-refractivity contribution in [3.05, 3.63) is 16.5 Å². The van der Waals surface area contributed by atoms with Crippen LogP contribution in [0.5, 0.6) is 0 Å². The van der Waals surface area contributed by atoms with Gasteiger partial charge in [0.15, 0.2) is 0 Å². The molecular weight excluding hydrogens is 376 g/mol. The summed E-state index contributed by atoms with van der Waals surface area (Å²) in [6.07, 6.45) is 2.18. The summed E-state index contributed by atoms with van der Waals surface area (Å²) in [6.45, 7) is 10.5. The van der Waals surface area contributed by atoms with Crippen LogP contribution in [0.1, 0.15) is 48.8 Å². The molecule has 2 N–H and O–H groups in total. The first kappa shape index (κ1) is 20.8. The highest BCUT2D eigenvalue weighted by molar-refractivity contribution is 7.18. The fourth-order valence-corrected chi connectivity index (χ4v) is 4.05. The smallest absolute Gasteiger partial charge is 0.264 e. The molecule has 1 saturated carbocycles. The van der Waals surface area contributed by atoms with Gasteiger partial charge in [0.25, 0.3) is 5.91 Å². The first-order chi connectivity index (χ1) is 13.1. The minimum atomic E-state index is -0.482. The minimum absolute atomic E-state index is 0.000777. The van der Waals surface area contributed by atoms with Crippen LogP contribution in [0.15, 0.2) is 6.07 Å². The van der Waals surface area contributed by atoms with Gasteiger partial charge in [-0.1, -0.05) is 20.8 Å². The fraction of sp³-hybridized carbons (Fsp3) is 0.650. The number of piperazine rings is 1. The second-order valence-corrected chi connectivity index (χ2v) is 9.79. The number of anilines is 1. The third kappa shape index (κ3) is 5.32. The van der Waals surface area contributed by atoms with Gasteiger partial charge in [-0.25, -0.2) is 0 Å². The molecule has 3 rings (SSSR count). The van der Waals surface area contributed by atoms with Gasteiger partial charge in [0, 0.05) is 37.6 Å². The molecule has 28 heavy (non-hydrogen) atoms. The molecule has 0 bridgehead atoms. The number of rotatable bonds is 5. The zero-order valence-corrected chi connectivity index (χ0v) is 17.9. The molecule has 8 heteroatoms. The Kier molecular flexibility index (Phi) is 6.09. The summed E-state index contributed by atoms with van der Waals surface area (Å²) in [5.74, 6) is 0.0160. The highest BCUT2D eigenvalue weighted by atomic mass is 32.1. The molecule has 2 fully saturated rings. The predicted octanol–water partition coefficient (Wildman–Crippen LogP) is 2.08. The predicted molar refractivity (Wildman–Crippen MR) is 111 cm³/mol. The molecule has 1 aliphatic heterocycles. The maximum Gasteiger partial charge on any atom is 0.264 e. The molecule has 1 saturated heterocycles. The summed E-state index contributed by atoms with van der Waals surface area (Å²) in [5, 5.41) is 6.61. The highest BCUT2D eigenvalue weighted by Gasteiger charge is 2.28. The second kappa shape index (κ2) is 8.21. The number of thiophene rings is 1. The van der Waals surface area contributed by atoms with Crippen LogP contribution in [0.4, 0.5) is 5.00 Å². The van der Waals surface area contributed by atoms with Crippen molar-refractivity contribution >= 4 is 34.1 Å². The molecule has 2 heterocycles. The Labute approximate surface area is 170 Å². The van der Waals surface area contributed by atoms with Crippen LogP contribution in [0.3, 0.4) is 0 Å². The molecule has 3 amide bonds. The van der Waals surface area contributed by atoms with E-state index >= 15 is 0 Å². The van der Waals surface area contributed by atoms with Crippen LogP contribution in [0, 0.1) is 12.3 Å². The lowest BCUT2D eigenvalue weighted by atomic mass is 9.96.